The summed E-state index contributed by atoms with van der Waals surface area (Å²) < 4.78 is 14.1. The molecule has 0 spiro atoms. The number of benzene rings is 2. The van der Waals surface area contributed by atoms with Crippen molar-refractivity contribution >= 4 is 40.7 Å². The third-order valence-corrected chi connectivity index (χ3v) is 5.32. The normalized spacial score (nSPS) is 21.1. The van der Waals surface area contributed by atoms with Crippen molar-refractivity contribution in [3.8, 4) is 0 Å². The monoisotopic (exact) mass is 387 g/mol. The molecule has 0 aromatic heterocycles. The molecular formula is C19H15ClFN3O3. The van der Waals surface area contributed by atoms with E-state index in [1.54, 1.807) is 24.3 Å². The molecular weight excluding hydrogens is 373 g/mol. The maximum absolute atomic E-state index is 14.1. The summed E-state index contributed by atoms with van der Waals surface area (Å²) >= 11 is 5.89. The number of amides is 3. The lowest BCUT2D eigenvalue weighted by molar-refractivity contribution is -0.128. The van der Waals surface area contributed by atoms with Crippen LogP contribution in [0.1, 0.15) is 23.2 Å². The SMILES string of the molecule is CN1C(=O)c2ccccc2N2C(=O)CC[C@]12C(=O)Nc1cc(Cl)ccc1F. The van der Waals surface area contributed by atoms with Crippen LogP contribution in [-0.4, -0.2) is 35.3 Å². The van der Waals surface area contributed by atoms with Gasteiger partial charge in [0.2, 0.25) is 11.6 Å². The van der Waals surface area contributed by atoms with E-state index in [1.165, 1.54) is 29.0 Å². The summed E-state index contributed by atoms with van der Waals surface area (Å²) in [5.41, 5.74) is -0.949. The van der Waals surface area contributed by atoms with Crippen molar-refractivity contribution in [1.82, 2.24) is 4.90 Å². The number of carbonyl (C=O) groups excluding carboxylic acids is 3. The Morgan fingerprint density at radius 2 is 1.96 bits per heavy atom. The van der Waals surface area contributed by atoms with Gasteiger partial charge in [0.1, 0.15) is 5.82 Å². The van der Waals surface area contributed by atoms with E-state index in [4.69, 9.17) is 11.6 Å². The van der Waals surface area contributed by atoms with Gasteiger partial charge >= 0.3 is 0 Å². The molecule has 0 saturated carbocycles. The second-order valence-electron chi connectivity index (χ2n) is 6.51. The first-order valence-electron chi connectivity index (χ1n) is 8.33. The van der Waals surface area contributed by atoms with Crippen molar-refractivity contribution in [3.63, 3.8) is 0 Å². The van der Waals surface area contributed by atoms with E-state index in [0.29, 0.717) is 11.3 Å². The number of nitrogens with zero attached hydrogens (tertiary/aromatic N) is 2. The summed E-state index contributed by atoms with van der Waals surface area (Å²) in [6.45, 7) is 0. The lowest BCUT2D eigenvalue weighted by atomic mass is 9.96. The average Bonchev–Trinajstić information content (AvgIpc) is 3.01. The number of para-hydroxylation sites is 1. The van der Waals surface area contributed by atoms with E-state index in [0.717, 1.165) is 6.07 Å². The molecule has 1 saturated heterocycles. The molecule has 0 unspecified atom stereocenters. The van der Waals surface area contributed by atoms with Crippen LogP contribution < -0.4 is 10.2 Å². The van der Waals surface area contributed by atoms with Gasteiger partial charge in [-0.2, -0.15) is 0 Å². The van der Waals surface area contributed by atoms with E-state index >= 15 is 0 Å². The van der Waals surface area contributed by atoms with E-state index in [-0.39, 0.29) is 35.4 Å². The third-order valence-electron chi connectivity index (χ3n) is 5.08. The fourth-order valence-corrected chi connectivity index (χ4v) is 3.92. The Morgan fingerprint density at radius 1 is 1.22 bits per heavy atom. The highest BCUT2D eigenvalue weighted by Crippen LogP contribution is 2.44. The topological polar surface area (TPSA) is 69.7 Å². The van der Waals surface area contributed by atoms with E-state index in [1.807, 2.05) is 0 Å². The first-order valence-corrected chi connectivity index (χ1v) is 8.71. The molecule has 8 heteroatoms. The summed E-state index contributed by atoms with van der Waals surface area (Å²) in [6, 6.07) is 10.4. The quantitative estimate of drug-likeness (QED) is 0.861. The number of rotatable bonds is 2. The molecule has 3 amide bonds. The van der Waals surface area contributed by atoms with Crippen molar-refractivity contribution < 1.29 is 18.8 Å². The van der Waals surface area contributed by atoms with Crippen molar-refractivity contribution in [2.24, 2.45) is 0 Å². The van der Waals surface area contributed by atoms with Gasteiger partial charge in [-0.3, -0.25) is 19.3 Å². The maximum Gasteiger partial charge on any atom is 0.271 e. The maximum atomic E-state index is 14.1. The lowest BCUT2D eigenvalue weighted by Gasteiger charge is -2.47. The number of carbonyl (C=O) groups is 3. The highest BCUT2D eigenvalue weighted by atomic mass is 35.5. The molecule has 2 aromatic rings. The number of hydrogen-bond donors (Lipinski definition) is 1. The molecule has 138 valence electrons. The summed E-state index contributed by atoms with van der Waals surface area (Å²) in [4.78, 5) is 41.3. The number of halogens is 2. The predicted octanol–water partition coefficient (Wildman–Crippen LogP) is 3.03. The van der Waals surface area contributed by atoms with Gasteiger partial charge in [-0.25, -0.2) is 4.39 Å². The van der Waals surface area contributed by atoms with Crippen molar-refractivity contribution in [1.29, 1.82) is 0 Å². The third kappa shape index (κ3) is 2.42. The minimum atomic E-state index is -1.56. The zero-order valence-electron chi connectivity index (χ0n) is 14.3. The molecule has 0 radical (unpaired) electrons. The Bertz CT molecular complexity index is 996. The molecule has 0 bridgehead atoms. The highest BCUT2D eigenvalue weighted by molar-refractivity contribution is 6.31. The van der Waals surface area contributed by atoms with Crippen LogP contribution >= 0.6 is 11.6 Å². The molecule has 27 heavy (non-hydrogen) atoms. The van der Waals surface area contributed by atoms with Crippen LogP contribution in [0.4, 0.5) is 15.8 Å². The summed E-state index contributed by atoms with van der Waals surface area (Å²) in [7, 11) is 1.47. The van der Waals surface area contributed by atoms with E-state index in [2.05, 4.69) is 5.32 Å². The first-order chi connectivity index (χ1) is 12.9. The van der Waals surface area contributed by atoms with Gasteiger partial charge in [-0.1, -0.05) is 23.7 Å². The minimum Gasteiger partial charge on any atom is -0.320 e. The van der Waals surface area contributed by atoms with Gasteiger partial charge < -0.3 is 10.2 Å². The van der Waals surface area contributed by atoms with Gasteiger partial charge in [-0.05, 0) is 30.3 Å². The zero-order valence-corrected chi connectivity index (χ0v) is 15.1. The number of likely N-dealkylation sites (N-methyl/N-ethyl adjacent to an activating group) is 1. The molecule has 4 rings (SSSR count). The Hall–Kier alpha value is -2.93. The molecule has 2 aliphatic heterocycles. The number of hydrogen-bond acceptors (Lipinski definition) is 3. The van der Waals surface area contributed by atoms with Gasteiger partial charge in [0.05, 0.1) is 16.9 Å². The lowest BCUT2D eigenvalue weighted by Crippen LogP contribution is -2.68. The zero-order chi connectivity index (χ0) is 19.3. The summed E-state index contributed by atoms with van der Waals surface area (Å²) in [6.07, 6.45) is 0.202. The van der Waals surface area contributed by atoms with E-state index < -0.39 is 17.4 Å². The Balaban J connectivity index is 1.82. The van der Waals surface area contributed by atoms with Gasteiger partial charge in [-0.15, -0.1) is 0 Å². The minimum absolute atomic E-state index is 0.0946. The van der Waals surface area contributed by atoms with Crippen molar-refractivity contribution in [2.75, 3.05) is 17.3 Å². The van der Waals surface area contributed by atoms with E-state index in [9.17, 15) is 18.8 Å². The van der Waals surface area contributed by atoms with Crippen molar-refractivity contribution in [3.05, 3.63) is 58.9 Å². The first kappa shape index (κ1) is 17.5. The molecule has 1 N–H and O–H groups in total. The molecule has 2 aromatic carbocycles. The Kier molecular flexibility index (Phi) is 3.92. The van der Waals surface area contributed by atoms with Crippen LogP contribution in [0.25, 0.3) is 0 Å². The highest BCUT2D eigenvalue weighted by Gasteiger charge is 2.59. The smallest absolute Gasteiger partial charge is 0.271 e. The second-order valence-corrected chi connectivity index (χ2v) is 6.94. The number of anilines is 2. The Morgan fingerprint density at radius 3 is 2.74 bits per heavy atom. The molecule has 1 fully saturated rings. The predicted molar refractivity (Wildman–Crippen MR) is 98.0 cm³/mol. The van der Waals surface area contributed by atoms with Gasteiger partial charge in [0.15, 0.2) is 0 Å². The van der Waals surface area contributed by atoms with Crippen LogP contribution in [0.3, 0.4) is 0 Å². The molecule has 2 heterocycles. The summed E-state index contributed by atoms with van der Waals surface area (Å²) in [5, 5.41) is 2.75. The van der Waals surface area contributed by atoms with Crippen molar-refractivity contribution in [2.45, 2.75) is 18.5 Å². The fraction of sp³-hybridized carbons (Fsp3) is 0.211. The van der Waals surface area contributed by atoms with Crippen LogP contribution in [0.2, 0.25) is 5.02 Å². The second kappa shape index (κ2) is 6.06. The standard InChI is InChI=1S/C19H15ClFN3O3/c1-23-17(26)12-4-2-3-5-15(12)24-16(25)8-9-19(23,24)18(27)22-14-10-11(20)6-7-13(14)21/h2-7,10H,8-9H2,1H3,(H,22,27)/t19-/m0/s1. The molecule has 2 aliphatic rings. The number of fused-ring (bicyclic) bond motifs is 3. The van der Waals surface area contributed by atoms with Crippen LogP contribution in [0.15, 0.2) is 42.5 Å². The molecule has 1 atom stereocenters. The van der Waals surface area contributed by atoms with Gasteiger partial charge in [0, 0.05) is 24.9 Å². The largest absolute Gasteiger partial charge is 0.320 e. The van der Waals surface area contributed by atoms with Crippen LogP contribution in [0.5, 0.6) is 0 Å². The van der Waals surface area contributed by atoms with Crippen LogP contribution in [-0.2, 0) is 9.59 Å². The van der Waals surface area contributed by atoms with Crippen LogP contribution in [0, 0.1) is 5.82 Å². The average molecular weight is 388 g/mol. The Labute approximate surface area is 159 Å². The number of nitrogens with one attached hydrogen (secondary N) is 1. The van der Waals surface area contributed by atoms with Gasteiger partial charge in [0.25, 0.3) is 11.8 Å². The fourth-order valence-electron chi connectivity index (χ4n) is 3.74. The molecule has 0 aliphatic carbocycles. The molecule has 6 nitrogen and oxygen atoms in total. The summed E-state index contributed by atoms with van der Waals surface area (Å²) in [5.74, 6) is -1.98.